The molecule has 0 atom stereocenters. The number of nitrogens with one attached hydrogen (secondary N) is 1. The van der Waals surface area contributed by atoms with E-state index in [1.165, 1.54) is 6.08 Å². The van der Waals surface area contributed by atoms with Gasteiger partial charge in [-0.1, -0.05) is 78.4 Å². The van der Waals surface area contributed by atoms with Gasteiger partial charge in [-0.05, 0) is 30.2 Å². The molecule has 0 aliphatic carbocycles. The van der Waals surface area contributed by atoms with E-state index in [1.807, 2.05) is 73.7 Å². The van der Waals surface area contributed by atoms with Gasteiger partial charge in [-0.25, -0.2) is 4.79 Å². The maximum absolute atomic E-state index is 12.3. The summed E-state index contributed by atoms with van der Waals surface area (Å²) in [5.41, 5.74) is 4.03. The van der Waals surface area contributed by atoms with E-state index in [9.17, 15) is 14.9 Å². The number of aryl methyl sites for hydroxylation is 1. The minimum Gasteiger partial charge on any atom is -0.451 e. The molecular weight excluding hydrogens is 376 g/mol. The zero-order chi connectivity index (χ0) is 21.3. The van der Waals surface area contributed by atoms with Gasteiger partial charge in [0.15, 0.2) is 6.61 Å². The van der Waals surface area contributed by atoms with Gasteiger partial charge in [0, 0.05) is 11.3 Å². The Kier molecular flexibility index (Phi) is 6.75. The van der Waals surface area contributed by atoms with Crippen LogP contribution in [0, 0.1) is 18.3 Å². The highest BCUT2D eigenvalue weighted by Gasteiger charge is 2.14. The lowest BCUT2D eigenvalue weighted by atomic mass is 10.0. The molecule has 0 spiro atoms. The predicted molar refractivity (Wildman–Crippen MR) is 116 cm³/mol. The Hall–Kier alpha value is -4.17. The van der Waals surface area contributed by atoms with Crippen molar-refractivity contribution in [1.29, 1.82) is 5.26 Å². The number of benzene rings is 3. The summed E-state index contributed by atoms with van der Waals surface area (Å²) in [7, 11) is 0. The average molecular weight is 396 g/mol. The number of hydrogen-bond acceptors (Lipinski definition) is 4. The number of esters is 1. The molecule has 0 saturated heterocycles. The van der Waals surface area contributed by atoms with Crippen LogP contribution in [0.25, 0.3) is 17.2 Å². The third-order valence-electron chi connectivity index (χ3n) is 4.35. The van der Waals surface area contributed by atoms with Crippen molar-refractivity contribution in [1.82, 2.24) is 0 Å². The van der Waals surface area contributed by atoms with Gasteiger partial charge in [0.25, 0.3) is 5.91 Å². The number of para-hydroxylation sites is 1. The van der Waals surface area contributed by atoms with Crippen molar-refractivity contribution < 1.29 is 14.3 Å². The Labute approximate surface area is 175 Å². The second-order valence-electron chi connectivity index (χ2n) is 6.62. The van der Waals surface area contributed by atoms with Crippen LogP contribution >= 0.6 is 0 Å². The van der Waals surface area contributed by atoms with E-state index in [1.54, 1.807) is 18.2 Å². The Bertz CT molecular complexity index is 1110. The van der Waals surface area contributed by atoms with Crippen LogP contribution in [0.5, 0.6) is 0 Å². The smallest absolute Gasteiger partial charge is 0.349 e. The van der Waals surface area contributed by atoms with Crippen LogP contribution in [0.1, 0.15) is 11.1 Å². The van der Waals surface area contributed by atoms with Gasteiger partial charge in [0.1, 0.15) is 11.6 Å². The highest BCUT2D eigenvalue weighted by atomic mass is 16.5. The quantitative estimate of drug-likeness (QED) is 0.370. The van der Waals surface area contributed by atoms with Crippen LogP contribution in [-0.4, -0.2) is 18.5 Å². The molecule has 5 nitrogen and oxygen atoms in total. The number of ether oxygens (including phenoxy) is 1. The monoisotopic (exact) mass is 396 g/mol. The van der Waals surface area contributed by atoms with E-state index in [0.29, 0.717) is 11.3 Å². The van der Waals surface area contributed by atoms with Crippen molar-refractivity contribution in [3.8, 4) is 17.2 Å². The van der Waals surface area contributed by atoms with Crippen LogP contribution in [0.3, 0.4) is 0 Å². The lowest BCUT2D eigenvalue weighted by molar-refractivity contribution is -0.142. The predicted octanol–water partition coefficient (Wildman–Crippen LogP) is 4.75. The average Bonchev–Trinajstić information content (AvgIpc) is 2.78. The molecular formula is C25H20N2O3. The molecule has 3 aromatic rings. The minimum absolute atomic E-state index is 0.170. The van der Waals surface area contributed by atoms with Crippen LogP contribution in [0.2, 0.25) is 0 Å². The largest absolute Gasteiger partial charge is 0.451 e. The maximum Gasteiger partial charge on any atom is 0.349 e. The number of anilines is 1. The summed E-state index contributed by atoms with van der Waals surface area (Å²) in [6, 6.07) is 26.2. The van der Waals surface area contributed by atoms with Crippen LogP contribution in [-0.2, 0) is 14.3 Å². The topological polar surface area (TPSA) is 79.2 Å². The molecule has 0 fully saturated rings. The van der Waals surface area contributed by atoms with E-state index in [-0.39, 0.29) is 5.57 Å². The van der Waals surface area contributed by atoms with Gasteiger partial charge < -0.3 is 10.1 Å². The Morgan fingerprint density at radius 2 is 1.63 bits per heavy atom. The summed E-state index contributed by atoms with van der Waals surface area (Å²) in [6.07, 6.45) is 1.43. The van der Waals surface area contributed by atoms with Gasteiger partial charge in [0.05, 0.1) is 0 Å². The minimum atomic E-state index is -0.843. The molecule has 1 N–H and O–H groups in total. The molecule has 1 amide bonds. The van der Waals surface area contributed by atoms with E-state index < -0.39 is 18.5 Å². The first-order valence-corrected chi connectivity index (χ1v) is 9.36. The zero-order valence-electron chi connectivity index (χ0n) is 16.5. The van der Waals surface area contributed by atoms with Crippen LogP contribution < -0.4 is 5.32 Å². The summed E-state index contributed by atoms with van der Waals surface area (Å²) >= 11 is 0. The Balaban J connectivity index is 1.64. The summed E-state index contributed by atoms with van der Waals surface area (Å²) in [4.78, 5) is 24.5. The van der Waals surface area contributed by atoms with Gasteiger partial charge in [-0.2, -0.15) is 5.26 Å². The first-order valence-electron chi connectivity index (χ1n) is 9.36. The molecule has 0 aromatic heterocycles. The molecule has 5 heteroatoms. The van der Waals surface area contributed by atoms with Gasteiger partial charge >= 0.3 is 5.97 Å². The summed E-state index contributed by atoms with van der Waals surface area (Å²) in [5, 5.41) is 12.0. The molecule has 30 heavy (non-hydrogen) atoms. The van der Waals surface area contributed by atoms with Crippen molar-refractivity contribution in [2.75, 3.05) is 11.9 Å². The van der Waals surface area contributed by atoms with Crippen molar-refractivity contribution in [3.63, 3.8) is 0 Å². The van der Waals surface area contributed by atoms with Crippen molar-refractivity contribution in [2.45, 2.75) is 6.92 Å². The first kappa shape index (κ1) is 20.6. The molecule has 148 valence electrons. The molecule has 3 rings (SSSR count). The highest BCUT2D eigenvalue weighted by Crippen LogP contribution is 2.27. The second-order valence-corrected chi connectivity index (χ2v) is 6.62. The van der Waals surface area contributed by atoms with E-state index >= 15 is 0 Å². The van der Waals surface area contributed by atoms with Gasteiger partial charge in [0.2, 0.25) is 0 Å². The third kappa shape index (κ3) is 5.43. The standard InChI is InChI=1S/C25H20N2O3/c1-18-11-13-19(14-12-18)15-21(16-26)25(29)30-17-24(28)27-23-10-6-5-9-22(23)20-7-3-2-4-8-20/h2-15H,17H2,1H3,(H,27,28)/b21-15+. The Morgan fingerprint density at radius 3 is 2.33 bits per heavy atom. The lowest BCUT2D eigenvalue weighted by Crippen LogP contribution is -2.21. The number of carbonyl (C=O) groups is 2. The van der Waals surface area contributed by atoms with Crippen LogP contribution in [0.15, 0.2) is 84.4 Å². The van der Waals surface area contributed by atoms with Crippen molar-refractivity contribution in [2.24, 2.45) is 0 Å². The van der Waals surface area contributed by atoms with Gasteiger partial charge in [-0.15, -0.1) is 0 Å². The SMILES string of the molecule is Cc1ccc(/C=C(\C#N)C(=O)OCC(=O)Nc2ccccc2-c2ccccc2)cc1. The lowest BCUT2D eigenvalue weighted by Gasteiger charge is -2.11. The molecule has 0 saturated carbocycles. The van der Waals surface area contributed by atoms with Crippen LogP contribution in [0.4, 0.5) is 5.69 Å². The zero-order valence-corrected chi connectivity index (χ0v) is 16.5. The highest BCUT2D eigenvalue weighted by molar-refractivity contribution is 6.01. The fraction of sp³-hybridized carbons (Fsp3) is 0.0800. The van der Waals surface area contributed by atoms with Crippen molar-refractivity contribution >= 4 is 23.6 Å². The molecule has 0 radical (unpaired) electrons. The number of carbonyl (C=O) groups excluding carboxylic acids is 2. The summed E-state index contributed by atoms with van der Waals surface area (Å²) in [6.45, 7) is 1.45. The summed E-state index contributed by atoms with van der Waals surface area (Å²) < 4.78 is 5.03. The molecule has 0 bridgehead atoms. The number of nitriles is 1. The number of rotatable bonds is 6. The first-order chi connectivity index (χ1) is 14.6. The summed E-state index contributed by atoms with van der Waals surface area (Å²) in [5.74, 6) is -1.33. The fourth-order valence-corrected chi connectivity index (χ4v) is 2.82. The molecule has 3 aromatic carbocycles. The van der Waals surface area contributed by atoms with E-state index in [0.717, 1.165) is 16.7 Å². The number of nitrogens with zero attached hydrogens (tertiary/aromatic N) is 1. The Morgan fingerprint density at radius 1 is 0.967 bits per heavy atom. The molecule has 0 aliphatic heterocycles. The maximum atomic E-state index is 12.3. The van der Waals surface area contributed by atoms with Gasteiger partial charge in [-0.3, -0.25) is 4.79 Å². The molecule has 0 unspecified atom stereocenters. The number of hydrogen-bond donors (Lipinski definition) is 1. The van der Waals surface area contributed by atoms with E-state index in [2.05, 4.69) is 5.32 Å². The third-order valence-corrected chi connectivity index (χ3v) is 4.35. The number of amides is 1. The normalized spacial score (nSPS) is 10.7. The molecule has 0 aliphatic rings. The second kappa shape index (κ2) is 9.85. The molecule has 0 heterocycles. The van der Waals surface area contributed by atoms with Crippen molar-refractivity contribution in [3.05, 3.63) is 95.6 Å². The fourth-order valence-electron chi connectivity index (χ4n) is 2.82. The van der Waals surface area contributed by atoms with E-state index in [4.69, 9.17) is 4.74 Å².